The van der Waals surface area contributed by atoms with Crippen LogP contribution in [0.3, 0.4) is 0 Å². The zero-order valence-electron chi connectivity index (χ0n) is 13.0. The molecule has 1 aromatic heterocycles. The maximum absolute atomic E-state index is 14.6. The van der Waals surface area contributed by atoms with Crippen molar-refractivity contribution in [3.05, 3.63) is 41.3 Å². The highest BCUT2D eigenvalue weighted by atomic mass is 19.1. The molecule has 0 aliphatic heterocycles. The van der Waals surface area contributed by atoms with Crippen LogP contribution in [0.2, 0.25) is 0 Å². The number of carbonyl (C=O) groups excluding carboxylic acids is 2. The molecule has 2 amide bonds. The maximum Gasteiger partial charge on any atom is 0.255 e. The molecule has 7 heteroatoms. The number of benzene rings is 1. The number of primary amides is 1. The van der Waals surface area contributed by atoms with Crippen LogP contribution in [0.1, 0.15) is 42.1 Å². The molecular formula is C16H19FN4O2. The molecule has 0 bridgehead atoms. The van der Waals surface area contributed by atoms with Gasteiger partial charge in [0.05, 0.1) is 17.5 Å². The van der Waals surface area contributed by atoms with E-state index in [2.05, 4.69) is 15.5 Å². The standard InChI is InChI=1S/C16H19FN4O2/c1-9(2)10-4-3-5-11(14(10)17)15-12(8-20-21-15)16(23)19-7-6-13(18)22/h3-5,8-9H,6-7H2,1-2H3,(H2,18,22)(H,19,23)(H,20,21). The van der Waals surface area contributed by atoms with Crippen LogP contribution in [-0.4, -0.2) is 28.6 Å². The molecule has 122 valence electrons. The van der Waals surface area contributed by atoms with Gasteiger partial charge in [0.1, 0.15) is 5.82 Å². The first-order valence-electron chi connectivity index (χ1n) is 7.30. The summed E-state index contributed by atoms with van der Waals surface area (Å²) in [7, 11) is 0. The Hall–Kier alpha value is -2.70. The molecular weight excluding hydrogens is 299 g/mol. The summed E-state index contributed by atoms with van der Waals surface area (Å²) in [5.74, 6) is -1.30. The zero-order valence-corrected chi connectivity index (χ0v) is 13.0. The second-order valence-corrected chi connectivity index (χ2v) is 5.49. The summed E-state index contributed by atoms with van der Waals surface area (Å²) in [6, 6.07) is 5.05. The number of nitrogens with one attached hydrogen (secondary N) is 2. The minimum atomic E-state index is -0.506. The summed E-state index contributed by atoms with van der Waals surface area (Å²) >= 11 is 0. The number of halogens is 1. The molecule has 2 aromatic rings. The lowest BCUT2D eigenvalue weighted by atomic mass is 9.97. The largest absolute Gasteiger partial charge is 0.370 e. The van der Waals surface area contributed by atoms with Crippen molar-refractivity contribution in [1.29, 1.82) is 0 Å². The molecule has 0 saturated carbocycles. The molecule has 1 heterocycles. The van der Waals surface area contributed by atoms with Crippen LogP contribution in [0, 0.1) is 5.82 Å². The molecule has 0 saturated heterocycles. The highest BCUT2D eigenvalue weighted by Crippen LogP contribution is 2.29. The van der Waals surface area contributed by atoms with Crippen molar-refractivity contribution in [3.8, 4) is 11.3 Å². The van der Waals surface area contributed by atoms with Crippen LogP contribution >= 0.6 is 0 Å². The quantitative estimate of drug-likeness (QED) is 0.758. The van der Waals surface area contributed by atoms with Crippen LogP contribution in [0.25, 0.3) is 11.3 Å². The van der Waals surface area contributed by atoms with Crippen molar-refractivity contribution in [2.24, 2.45) is 5.73 Å². The van der Waals surface area contributed by atoms with Gasteiger partial charge >= 0.3 is 0 Å². The number of hydrogen-bond donors (Lipinski definition) is 3. The van der Waals surface area contributed by atoms with Gasteiger partial charge in [-0.05, 0) is 17.5 Å². The fourth-order valence-electron chi connectivity index (χ4n) is 2.25. The number of carbonyl (C=O) groups is 2. The van der Waals surface area contributed by atoms with Crippen molar-refractivity contribution in [3.63, 3.8) is 0 Å². The maximum atomic E-state index is 14.6. The first kappa shape index (κ1) is 16.7. The number of amides is 2. The van der Waals surface area contributed by atoms with Gasteiger partial charge in [-0.2, -0.15) is 5.10 Å². The normalized spacial score (nSPS) is 10.8. The smallest absolute Gasteiger partial charge is 0.255 e. The first-order valence-corrected chi connectivity index (χ1v) is 7.30. The van der Waals surface area contributed by atoms with E-state index in [1.165, 1.54) is 6.20 Å². The Balaban J connectivity index is 2.29. The van der Waals surface area contributed by atoms with Crippen LogP contribution in [0.5, 0.6) is 0 Å². The Morgan fingerprint density at radius 1 is 1.39 bits per heavy atom. The Morgan fingerprint density at radius 3 is 2.78 bits per heavy atom. The summed E-state index contributed by atoms with van der Waals surface area (Å²) in [5.41, 5.74) is 6.40. The lowest BCUT2D eigenvalue weighted by Gasteiger charge is -2.11. The second-order valence-electron chi connectivity index (χ2n) is 5.49. The van der Waals surface area contributed by atoms with E-state index in [1.54, 1.807) is 18.2 Å². The molecule has 4 N–H and O–H groups in total. The van der Waals surface area contributed by atoms with E-state index < -0.39 is 11.8 Å². The molecule has 23 heavy (non-hydrogen) atoms. The molecule has 0 aliphatic rings. The van der Waals surface area contributed by atoms with Crippen LogP contribution in [-0.2, 0) is 4.79 Å². The van der Waals surface area contributed by atoms with Crippen LogP contribution < -0.4 is 11.1 Å². The molecule has 0 atom stereocenters. The molecule has 1 aromatic carbocycles. The summed E-state index contributed by atoms with van der Waals surface area (Å²) < 4.78 is 14.6. The average molecular weight is 318 g/mol. The Morgan fingerprint density at radius 2 is 2.13 bits per heavy atom. The fourth-order valence-corrected chi connectivity index (χ4v) is 2.25. The van der Waals surface area contributed by atoms with E-state index in [9.17, 15) is 14.0 Å². The number of aromatic amines is 1. The van der Waals surface area contributed by atoms with Gasteiger partial charge in [-0.25, -0.2) is 4.39 Å². The van der Waals surface area contributed by atoms with Gasteiger partial charge in [-0.15, -0.1) is 0 Å². The third kappa shape index (κ3) is 3.74. The minimum absolute atomic E-state index is 0.0192. The number of aromatic nitrogens is 2. The van der Waals surface area contributed by atoms with E-state index in [4.69, 9.17) is 5.73 Å². The summed E-state index contributed by atoms with van der Waals surface area (Å²) in [4.78, 5) is 22.9. The monoisotopic (exact) mass is 318 g/mol. The number of nitrogens with two attached hydrogens (primary N) is 1. The highest BCUT2D eigenvalue weighted by molar-refractivity contribution is 6.00. The van der Waals surface area contributed by atoms with Gasteiger partial charge in [0.2, 0.25) is 5.91 Å². The van der Waals surface area contributed by atoms with Crippen molar-refractivity contribution >= 4 is 11.8 Å². The molecule has 6 nitrogen and oxygen atoms in total. The van der Waals surface area contributed by atoms with E-state index >= 15 is 0 Å². The number of H-pyrrole nitrogens is 1. The van der Waals surface area contributed by atoms with Gasteiger partial charge in [-0.3, -0.25) is 14.7 Å². The van der Waals surface area contributed by atoms with Gasteiger partial charge in [0.25, 0.3) is 5.91 Å². The molecule has 0 spiro atoms. The van der Waals surface area contributed by atoms with Crippen molar-refractivity contribution in [1.82, 2.24) is 15.5 Å². The molecule has 0 radical (unpaired) electrons. The third-order valence-electron chi connectivity index (χ3n) is 3.46. The topological polar surface area (TPSA) is 101 Å². The second kappa shape index (κ2) is 7.04. The fraction of sp³-hybridized carbons (Fsp3) is 0.312. The van der Waals surface area contributed by atoms with Gasteiger partial charge in [0, 0.05) is 18.5 Å². The minimum Gasteiger partial charge on any atom is -0.370 e. The predicted molar refractivity (Wildman–Crippen MR) is 84.2 cm³/mol. The lowest BCUT2D eigenvalue weighted by molar-refractivity contribution is -0.117. The van der Waals surface area contributed by atoms with E-state index in [0.29, 0.717) is 11.3 Å². The highest BCUT2D eigenvalue weighted by Gasteiger charge is 2.20. The SMILES string of the molecule is CC(C)c1cccc(-c2[nH]ncc2C(=O)NCCC(N)=O)c1F. The number of nitrogens with zero attached hydrogens (tertiary/aromatic N) is 1. The first-order chi connectivity index (χ1) is 10.9. The summed E-state index contributed by atoms with van der Waals surface area (Å²) in [5, 5.41) is 9.06. The van der Waals surface area contributed by atoms with Crippen molar-refractivity contribution in [2.75, 3.05) is 6.54 Å². The zero-order chi connectivity index (χ0) is 17.0. The van der Waals surface area contributed by atoms with E-state index in [0.717, 1.165) is 0 Å². The van der Waals surface area contributed by atoms with Gasteiger partial charge in [-0.1, -0.05) is 26.0 Å². The molecule has 0 fully saturated rings. The number of hydrogen-bond acceptors (Lipinski definition) is 3. The third-order valence-corrected chi connectivity index (χ3v) is 3.46. The van der Waals surface area contributed by atoms with Crippen LogP contribution in [0.4, 0.5) is 4.39 Å². The summed E-state index contributed by atoms with van der Waals surface area (Å²) in [6.07, 6.45) is 1.37. The lowest BCUT2D eigenvalue weighted by Crippen LogP contribution is -2.28. The average Bonchev–Trinajstić information content (AvgIpc) is 2.96. The van der Waals surface area contributed by atoms with Crippen molar-refractivity contribution < 1.29 is 14.0 Å². The molecule has 2 rings (SSSR count). The Bertz CT molecular complexity index is 725. The molecule has 0 aliphatic carbocycles. The van der Waals surface area contributed by atoms with Crippen molar-refractivity contribution in [2.45, 2.75) is 26.2 Å². The Kier molecular flexibility index (Phi) is 5.10. The van der Waals surface area contributed by atoms with E-state index in [1.807, 2.05) is 13.8 Å². The molecule has 0 unspecified atom stereocenters. The Labute approximate surface area is 133 Å². The van der Waals surface area contributed by atoms with Crippen LogP contribution in [0.15, 0.2) is 24.4 Å². The van der Waals surface area contributed by atoms with E-state index in [-0.39, 0.29) is 35.8 Å². The predicted octanol–water partition coefficient (Wildman–Crippen LogP) is 1.94. The van der Waals surface area contributed by atoms with Gasteiger partial charge in [0.15, 0.2) is 0 Å². The number of rotatable bonds is 6. The van der Waals surface area contributed by atoms with Gasteiger partial charge < -0.3 is 11.1 Å². The summed E-state index contributed by atoms with van der Waals surface area (Å²) in [6.45, 7) is 3.91.